The van der Waals surface area contributed by atoms with E-state index < -0.39 is 0 Å². The number of rotatable bonds is 7. The zero-order valence-corrected chi connectivity index (χ0v) is 9.55. The Hall–Kier alpha value is -0.610. The highest BCUT2D eigenvalue weighted by Crippen LogP contribution is 2.06. The molecule has 0 rings (SSSR count). The first-order valence-corrected chi connectivity index (χ1v) is 5.02. The molecule has 0 aliphatic carbocycles. The van der Waals surface area contributed by atoms with Crippen molar-refractivity contribution in [2.24, 2.45) is 0 Å². The summed E-state index contributed by atoms with van der Waals surface area (Å²) >= 11 is 0. The van der Waals surface area contributed by atoms with Gasteiger partial charge in [-0.15, -0.1) is 0 Å². The third kappa shape index (κ3) is 6.86. The van der Waals surface area contributed by atoms with Gasteiger partial charge in [-0.05, 0) is 27.7 Å². The second-order valence-corrected chi connectivity index (χ2v) is 3.60. The van der Waals surface area contributed by atoms with Crippen molar-refractivity contribution < 1.29 is 14.3 Å². The van der Waals surface area contributed by atoms with Crippen LogP contribution < -0.4 is 5.32 Å². The van der Waals surface area contributed by atoms with Gasteiger partial charge in [0, 0.05) is 13.2 Å². The lowest BCUT2D eigenvalue weighted by Gasteiger charge is -2.24. The quantitative estimate of drug-likeness (QED) is 0.626. The van der Waals surface area contributed by atoms with E-state index in [2.05, 4.69) is 5.32 Å². The summed E-state index contributed by atoms with van der Waals surface area (Å²) < 4.78 is 10.2. The van der Waals surface area contributed by atoms with Crippen LogP contribution in [0.1, 0.15) is 27.7 Å². The van der Waals surface area contributed by atoms with Gasteiger partial charge < -0.3 is 14.8 Å². The number of carbonyl (C=O) groups is 1. The zero-order chi connectivity index (χ0) is 11.0. The lowest BCUT2D eigenvalue weighted by molar-refractivity contribution is -0.142. The van der Waals surface area contributed by atoms with E-state index >= 15 is 0 Å². The van der Waals surface area contributed by atoms with E-state index in [1.54, 1.807) is 6.92 Å². The number of carbonyl (C=O) groups excluding carboxylic acids is 1. The van der Waals surface area contributed by atoms with Crippen LogP contribution in [0.15, 0.2) is 0 Å². The van der Waals surface area contributed by atoms with E-state index in [0.29, 0.717) is 19.8 Å². The first kappa shape index (κ1) is 13.4. The molecule has 0 aliphatic rings. The summed E-state index contributed by atoms with van der Waals surface area (Å²) in [5.41, 5.74) is -0.235. The SMILES string of the molecule is CCOC(=O)CNCC(C)(C)OCC. The molecule has 0 fully saturated rings. The lowest BCUT2D eigenvalue weighted by Crippen LogP contribution is -2.40. The van der Waals surface area contributed by atoms with E-state index in [1.165, 1.54) is 0 Å². The first-order chi connectivity index (χ1) is 6.52. The van der Waals surface area contributed by atoms with Gasteiger partial charge in [-0.1, -0.05) is 0 Å². The smallest absolute Gasteiger partial charge is 0.319 e. The van der Waals surface area contributed by atoms with E-state index in [1.807, 2.05) is 20.8 Å². The van der Waals surface area contributed by atoms with Crippen LogP contribution in [0.4, 0.5) is 0 Å². The Labute approximate surface area is 86.0 Å². The van der Waals surface area contributed by atoms with Crippen LogP contribution in [0, 0.1) is 0 Å². The molecule has 0 spiro atoms. The Morgan fingerprint density at radius 3 is 2.43 bits per heavy atom. The first-order valence-electron chi connectivity index (χ1n) is 5.02. The summed E-state index contributed by atoms with van der Waals surface area (Å²) in [5.74, 6) is -0.222. The maximum Gasteiger partial charge on any atom is 0.319 e. The van der Waals surface area contributed by atoms with Crippen molar-refractivity contribution in [3.8, 4) is 0 Å². The third-order valence-corrected chi connectivity index (χ3v) is 1.66. The zero-order valence-electron chi connectivity index (χ0n) is 9.55. The van der Waals surface area contributed by atoms with Crippen molar-refractivity contribution in [1.82, 2.24) is 5.32 Å². The minimum atomic E-state index is -0.235. The highest BCUT2D eigenvalue weighted by atomic mass is 16.5. The Kier molecular flexibility index (Phi) is 6.49. The summed E-state index contributed by atoms with van der Waals surface area (Å²) in [6, 6.07) is 0. The molecular formula is C10H21NO3. The Morgan fingerprint density at radius 1 is 1.29 bits per heavy atom. The maximum atomic E-state index is 11.0. The molecule has 1 N–H and O–H groups in total. The van der Waals surface area contributed by atoms with Gasteiger partial charge in [0.25, 0.3) is 0 Å². The lowest BCUT2D eigenvalue weighted by atomic mass is 10.1. The van der Waals surface area contributed by atoms with E-state index in [-0.39, 0.29) is 18.1 Å². The van der Waals surface area contributed by atoms with Crippen molar-refractivity contribution >= 4 is 5.97 Å². The molecule has 0 saturated carbocycles. The van der Waals surface area contributed by atoms with Crippen LogP contribution in [0.25, 0.3) is 0 Å². The second-order valence-electron chi connectivity index (χ2n) is 3.60. The average molecular weight is 203 g/mol. The minimum absolute atomic E-state index is 0.222. The third-order valence-electron chi connectivity index (χ3n) is 1.66. The highest BCUT2D eigenvalue weighted by Gasteiger charge is 2.17. The van der Waals surface area contributed by atoms with Crippen LogP contribution in [-0.4, -0.2) is 37.9 Å². The topological polar surface area (TPSA) is 47.6 Å². The van der Waals surface area contributed by atoms with Gasteiger partial charge in [0.2, 0.25) is 0 Å². The molecule has 4 nitrogen and oxygen atoms in total. The molecular weight excluding hydrogens is 182 g/mol. The molecule has 0 radical (unpaired) electrons. The van der Waals surface area contributed by atoms with E-state index in [4.69, 9.17) is 9.47 Å². The van der Waals surface area contributed by atoms with Gasteiger partial charge >= 0.3 is 5.97 Å². The van der Waals surface area contributed by atoms with Crippen molar-refractivity contribution in [3.05, 3.63) is 0 Å². The summed E-state index contributed by atoms with van der Waals surface area (Å²) in [6.45, 7) is 9.69. The molecule has 84 valence electrons. The average Bonchev–Trinajstić information content (AvgIpc) is 2.03. The van der Waals surface area contributed by atoms with Crippen molar-refractivity contribution in [2.75, 3.05) is 26.3 Å². The molecule has 0 heterocycles. The number of nitrogens with one attached hydrogen (secondary N) is 1. The predicted molar refractivity (Wildman–Crippen MR) is 55.2 cm³/mol. The van der Waals surface area contributed by atoms with Crippen LogP contribution >= 0.6 is 0 Å². The summed E-state index contributed by atoms with van der Waals surface area (Å²) in [7, 11) is 0. The molecule has 0 saturated heterocycles. The fourth-order valence-corrected chi connectivity index (χ4v) is 1.12. The molecule has 0 aromatic rings. The molecule has 0 atom stereocenters. The second kappa shape index (κ2) is 6.79. The van der Waals surface area contributed by atoms with Gasteiger partial charge in [0.05, 0.1) is 18.8 Å². The van der Waals surface area contributed by atoms with Crippen molar-refractivity contribution in [2.45, 2.75) is 33.3 Å². The molecule has 14 heavy (non-hydrogen) atoms. The number of hydrogen-bond acceptors (Lipinski definition) is 4. The molecule has 0 bridgehead atoms. The van der Waals surface area contributed by atoms with Crippen LogP contribution in [-0.2, 0) is 14.3 Å². The van der Waals surface area contributed by atoms with E-state index in [0.717, 1.165) is 0 Å². The van der Waals surface area contributed by atoms with Gasteiger partial charge in [0.15, 0.2) is 0 Å². The monoisotopic (exact) mass is 203 g/mol. The number of esters is 1. The van der Waals surface area contributed by atoms with Crippen LogP contribution in [0.5, 0.6) is 0 Å². The van der Waals surface area contributed by atoms with Crippen LogP contribution in [0.3, 0.4) is 0 Å². The van der Waals surface area contributed by atoms with Gasteiger partial charge in [-0.3, -0.25) is 4.79 Å². The summed E-state index contributed by atoms with van der Waals surface area (Å²) in [5, 5.41) is 3.00. The number of hydrogen-bond donors (Lipinski definition) is 1. The summed E-state index contributed by atoms with van der Waals surface area (Å²) in [4.78, 5) is 11.0. The van der Waals surface area contributed by atoms with Crippen molar-refractivity contribution in [1.29, 1.82) is 0 Å². The molecule has 0 amide bonds. The summed E-state index contributed by atoms with van der Waals surface area (Å²) in [6.07, 6.45) is 0. The maximum absolute atomic E-state index is 11.0. The normalized spacial score (nSPS) is 11.4. The Balaban J connectivity index is 3.57. The molecule has 0 unspecified atom stereocenters. The van der Waals surface area contributed by atoms with Crippen molar-refractivity contribution in [3.63, 3.8) is 0 Å². The Bertz CT molecular complexity index is 169. The predicted octanol–water partition coefficient (Wildman–Crippen LogP) is 0.954. The standard InChI is InChI=1S/C10H21NO3/c1-5-13-9(12)7-11-8-10(3,4)14-6-2/h11H,5-8H2,1-4H3. The minimum Gasteiger partial charge on any atom is -0.465 e. The molecule has 0 aromatic heterocycles. The van der Waals surface area contributed by atoms with Crippen LogP contribution in [0.2, 0.25) is 0 Å². The van der Waals surface area contributed by atoms with E-state index in [9.17, 15) is 4.79 Å². The van der Waals surface area contributed by atoms with Gasteiger partial charge in [0.1, 0.15) is 0 Å². The van der Waals surface area contributed by atoms with Gasteiger partial charge in [-0.25, -0.2) is 0 Å². The Morgan fingerprint density at radius 2 is 1.93 bits per heavy atom. The van der Waals surface area contributed by atoms with Gasteiger partial charge in [-0.2, -0.15) is 0 Å². The number of ether oxygens (including phenoxy) is 2. The fourth-order valence-electron chi connectivity index (χ4n) is 1.12. The highest BCUT2D eigenvalue weighted by molar-refractivity contribution is 5.71. The largest absolute Gasteiger partial charge is 0.465 e. The molecule has 0 aromatic carbocycles. The molecule has 0 aliphatic heterocycles. The molecule has 4 heteroatoms. The fraction of sp³-hybridized carbons (Fsp3) is 0.900.